The zero-order valence-electron chi connectivity index (χ0n) is 12.6. The van der Waals surface area contributed by atoms with Crippen molar-refractivity contribution in [2.75, 3.05) is 6.54 Å². The molecule has 0 fully saturated rings. The van der Waals surface area contributed by atoms with Crippen LogP contribution in [-0.2, 0) is 19.5 Å². The first-order valence-corrected chi connectivity index (χ1v) is 8.60. The van der Waals surface area contributed by atoms with E-state index in [1.807, 2.05) is 16.0 Å². The molecule has 0 saturated carbocycles. The lowest BCUT2D eigenvalue weighted by Gasteiger charge is -2.17. The summed E-state index contributed by atoms with van der Waals surface area (Å²) in [4.78, 5) is 11.9. The van der Waals surface area contributed by atoms with Crippen molar-refractivity contribution in [1.29, 1.82) is 0 Å². The van der Waals surface area contributed by atoms with Crippen LogP contribution in [0.1, 0.15) is 37.7 Å². The Labute approximate surface area is 137 Å². The van der Waals surface area contributed by atoms with Gasteiger partial charge in [-0.05, 0) is 13.0 Å². The fourth-order valence-corrected chi connectivity index (χ4v) is 3.32. The lowest BCUT2D eigenvalue weighted by Crippen LogP contribution is -2.23. The summed E-state index contributed by atoms with van der Waals surface area (Å²) in [5.74, 6) is 1.42. The Morgan fingerprint density at radius 2 is 2.18 bits per heavy atom. The van der Waals surface area contributed by atoms with Crippen LogP contribution in [0.15, 0.2) is 16.1 Å². The summed E-state index contributed by atoms with van der Waals surface area (Å²) in [5.41, 5.74) is 0.997. The molecule has 0 N–H and O–H groups in total. The molecule has 6 nitrogen and oxygen atoms in total. The van der Waals surface area contributed by atoms with Crippen LogP contribution in [0.5, 0.6) is 0 Å². The van der Waals surface area contributed by atoms with Crippen LogP contribution in [0.3, 0.4) is 0 Å². The second kappa shape index (κ2) is 6.76. The standard InChI is InChI=1S/C14H18ClN5OS/c1-3-5-12-16-11(18-21-12)9-19(4-2)8-10-13(15)17-14-20(10)6-7-22-14/h6-7H,3-5,8-9H2,1-2H3. The molecule has 0 spiro atoms. The van der Waals surface area contributed by atoms with Crippen molar-refractivity contribution in [3.05, 3.63) is 34.1 Å². The SMILES string of the molecule is CCCc1nc(CN(CC)Cc2c(Cl)nc3sccn23)no1. The Hall–Kier alpha value is -1.44. The molecule has 0 amide bonds. The van der Waals surface area contributed by atoms with Crippen LogP contribution in [0.2, 0.25) is 5.15 Å². The molecule has 0 unspecified atom stereocenters. The highest BCUT2D eigenvalue weighted by Crippen LogP contribution is 2.23. The fraction of sp³-hybridized carbons (Fsp3) is 0.500. The molecule has 0 radical (unpaired) electrons. The third-order valence-electron chi connectivity index (χ3n) is 3.47. The van der Waals surface area contributed by atoms with E-state index in [1.165, 1.54) is 0 Å². The largest absolute Gasteiger partial charge is 0.339 e. The van der Waals surface area contributed by atoms with Crippen LogP contribution in [-0.4, -0.2) is 31.0 Å². The van der Waals surface area contributed by atoms with E-state index in [-0.39, 0.29) is 0 Å². The van der Waals surface area contributed by atoms with E-state index in [9.17, 15) is 0 Å². The maximum atomic E-state index is 6.26. The van der Waals surface area contributed by atoms with E-state index < -0.39 is 0 Å². The van der Waals surface area contributed by atoms with Gasteiger partial charge in [0.15, 0.2) is 15.9 Å². The van der Waals surface area contributed by atoms with Crippen molar-refractivity contribution in [3.63, 3.8) is 0 Å². The molecule has 3 rings (SSSR count). The number of aromatic nitrogens is 4. The van der Waals surface area contributed by atoms with E-state index in [0.29, 0.717) is 30.0 Å². The van der Waals surface area contributed by atoms with Crippen LogP contribution < -0.4 is 0 Å². The van der Waals surface area contributed by atoms with Crippen LogP contribution in [0.4, 0.5) is 0 Å². The fourth-order valence-electron chi connectivity index (χ4n) is 2.31. The molecule has 0 bridgehead atoms. The third kappa shape index (κ3) is 3.16. The van der Waals surface area contributed by atoms with Gasteiger partial charge >= 0.3 is 0 Å². The Bertz CT molecular complexity index is 749. The van der Waals surface area contributed by atoms with Crippen LogP contribution in [0.25, 0.3) is 4.96 Å². The quantitative estimate of drug-likeness (QED) is 0.660. The Morgan fingerprint density at radius 3 is 2.95 bits per heavy atom. The Morgan fingerprint density at radius 1 is 1.32 bits per heavy atom. The maximum absolute atomic E-state index is 6.26. The molecule has 3 heterocycles. The van der Waals surface area contributed by atoms with Crippen molar-refractivity contribution in [2.45, 2.75) is 39.8 Å². The number of nitrogens with zero attached hydrogens (tertiary/aromatic N) is 5. The Kier molecular flexibility index (Phi) is 4.75. The second-order valence-corrected chi connectivity index (χ2v) is 6.29. The van der Waals surface area contributed by atoms with Gasteiger partial charge in [0, 0.05) is 24.5 Å². The minimum atomic E-state index is 0.560. The molecule has 0 aliphatic carbocycles. The topological polar surface area (TPSA) is 59.5 Å². The lowest BCUT2D eigenvalue weighted by molar-refractivity contribution is 0.255. The lowest BCUT2D eigenvalue weighted by atomic mass is 10.3. The van der Waals surface area contributed by atoms with Crippen molar-refractivity contribution in [3.8, 4) is 0 Å². The summed E-state index contributed by atoms with van der Waals surface area (Å²) >= 11 is 7.84. The van der Waals surface area contributed by atoms with Gasteiger partial charge < -0.3 is 4.52 Å². The summed E-state index contributed by atoms with van der Waals surface area (Å²) in [6.07, 6.45) is 3.82. The smallest absolute Gasteiger partial charge is 0.226 e. The van der Waals surface area contributed by atoms with Gasteiger partial charge in [0.05, 0.1) is 12.2 Å². The van der Waals surface area contributed by atoms with E-state index >= 15 is 0 Å². The summed E-state index contributed by atoms with van der Waals surface area (Å²) in [7, 11) is 0. The molecular weight excluding hydrogens is 322 g/mol. The van der Waals surface area contributed by atoms with Crippen LogP contribution in [0, 0.1) is 0 Å². The minimum Gasteiger partial charge on any atom is -0.339 e. The van der Waals surface area contributed by atoms with Gasteiger partial charge in [-0.3, -0.25) is 9.30 Å². The number of hydrogen-bond acceptors (Lipinski definition) is 6. The molecule has 0 saturated heterocycles. The van der Waals surface area contributed by atoms with Gasteiger partial charge in [-0.2, -0.15) is 4.98 Å². The first-order chi connectivity index (χ1) is 10.7. The number of imidazole rings is 1. The summed E-state index contributed by atoms with van der Waals surface area (Å²) in [6, 6.07) is 0. The zero-order chi connectivity index (χ0) is 15.5. The summed E-state index contributed by atoms with van der Waals surface area (Å²) in [6.45, 7) is 6.40. The first kappa shape index (κ1) is 15.5. The average Bonchev–Trinajstić information content (AvgIpc) is 3.18. The second-order valence-electron chi connectivity index (χ2n) is 5.06. The molecule has 118 valence electrons. The highest BCUT2D eigenvalue weighted by Gasteiger charge is 2.16. The van der Waals surface area contributed by atoms with Gasteiger partial charge in [0.25, 0.3) is 0 Å². The third-order valence-corrected chi connectivity index (χ3v) is 4.53. The number of aryl methyl sites for hydroxylation is 1. The highest BCUT2D eigenvalue weighted by atomic mass is 35.5. The normalized spacial score (nSPS) is 11.8. The predicted molar refractivity (Wildman–Crippen MR) is 86.2 cm³/mol. The van der Waals surface area contributed by atoms with Gasteiger partial charge in [-0.15, -0.1) is 11.3 Å². The summed E-state index contributed by atoms with van der Waals surface area (Å²) in [5, 5.41) is 6.61. The number of thiazole rings is 1. The van der Waals surface area contributed by atoms with Gasteiger partial charge in [0.1, 0.15) is 0 Å². The van der Waals surface area contributed by atoms with Crippen molar-refractivity contribution in [1.82, 2.24) is 24.4 Å². The van der Waals surface area contributed by atoms with E-state index in [1.54, 1.807) is 11.3 Å². The molecule has 0 aliphatic rings. The van der Waals surface area contributed by atoms with Crippen LogP contribution >= 0.6 is 22.9 Å². The molecule has 0 atom stereocenters. The van der Waals surface area contributed by atoms with E-state index in [2.05, 4.69) is 33.9 Å². The zero-order valence-corrected chi connectivity index (χ0v) is 14.2. The predicted octanol–water partition coefficient (Wildman–Crippen LogP) is 3.41. The maximum Gasteiger partial charge on any atom is 0.226 e. The van der Waals surface area contributed by atoms with E-state index in [0.717, 1.165) is 30.0 Å². The minimum absolute atomic E-state index is 0.560. The van der Waals surface area contributed by atoms with Gasteiger partial charge in [0.2, 0.25) is 5.89 Å². The molecule has 0 aromatic carbocycles. The molecular formula is C14H18ClN5OS. The number of rotatable bonds is 7. The first-order valence-electron chi connectivity index (χ1n) is 7.35. The van der Waals surface area contributed by atoms with E-state index in [4.69, 9.17) is 16.1 Å². The molecule has 3 aromatic rings. The number of hydrogen-bond donors (Lipinski definition) is 0. The average molecular weight is 340 g/mol. The molecule has 3 aromatic heterocycles. The van der Waals surface area contributed by atoms with Gasteiger partial charge in [-0.1, -0.05) is 30.6 Å². The van der Waals surface area contributed by atoms with Crippen molar-refractivity contribution < 1.29 is 4.52 Å². The van der Waals surface area contributed by atoms with Gasteiger partial charge in [-0.25, -0.2) is 4.98 Å². The summed E-state index contributed by atoms with van der Waals surface area (Å²) < 4.78 is 7.27. The monoisotopic (exact) mass is 339 g/mol. The molecule has 8 heteroatoms. The highest BCUT2D eigenvalue weighted by molar-refractivity contribution is 7.15. The molecule has 0 aliphatic heterocycles. The molecule has 22 heavy (non-hydrogen) atoms. The van der Waals surface area contributed by atoms with Crippen molar-refractivity contribution in [2.24, 2.45) is 0 Å². The Balaban J connectivity index is 1.73. The van der Waals surface area contributed by atoms with Crippen molar-refractivity contribution >= 4 is 27.9 Å². The number of halogens is 1. The number of fused-ring (bicyclic) bond motifs is 1.